The minimum Gasteiger partial charge on any atom is -0.489 e. The summed E-state index contributed by atoms with van der Waals surface area (Å²) in [6.07, 6.45) is 2.23. The number of hydrogen-bond acceptors (Lipinski definition) is 4. The van der Waals surface area contributed by atoms with Crippen molar-refractivity contribution in [1.29, 1.82) is 0 Å². The van der Waals surface area contributed by atoms with Crippen LogP contribution in [0.2, 0.25) is 0 Å². The standard InChI is InChI=1S/C14H18O4S/c1-4-14(2)12(15)9-13(14)18-10-5-7-11(8-6-10)19(3,16)17/h5-8,13H,4,9H2,1-3H3. The molecule has 5 heteroatoms. The lowest BCUT2D eigenvalue weighted by molar-refractivity contribution is -0.150. The fourth-order valence-corrected chi connectivity index (χ4v) is 2.83. The summed E-state index contributed by atoms with van der Waals surface area (Å²) in [5.74, 6) is 0.831. The van der Waals surface area contributed by atoms with Crippen molar-refractivity contribution in [1.82, 2.24) is 0 Å². The molecule has 1 saturated carbocycles. The van der Waals surface area contributed by atoms with Gasteiger partial charge in [0.1, 0.15) is 17.6 Å². The molecule has 0 heterocycles. The maximum Gasteiger partial charge on any atom is 0.175 e. The van der Waals surface area contributed by atoms with Gasteiger partial charge in [0.05, 0.1) is 10.3 Å². The molecule has 0 bridgehead atoms. The van der Waals surface area contributed by atoms with Crippen molar-refractivity contribution < 1.29 is 17.9 Å². The maximum atomic E-state index is 11.6. The van der Waals surface area contributed by atoms with Crippen LogP contribution in [-0.4, -0.2) is 26.6 Å². The van der Waals surface area contributed by atoms with E-state index in [4.69, 9.17) is 4.74 Å². The van der Waals surface area contributed by atoms with E-state index in [1.165, 1.54) is 18.4 Å². The van der Waals surface area contributed by atoms with Gasteiger partial charge in [0.2, 0.25) is 0 Å². The SMILES string of the molecule is CCC1(C)C(=O)CC1Oc1ccc(S(C)(=O)=O)cc1. The zero-order valence-corrected chi connectivity index (χ0v) is 12.2. The van der Waals surface area contributed by atoms with Crippen molar-refractivity contribution in [3.63, 3.8) is 0 Å². The molecular weight excluding hydrogens is 264 g/mol. The van der Waals surface area contributed by atoms with Crippen LogP contribution in [0.15, 0.2) is 29.2 Å². The van der Waals surface area contributed by atoms with Crippen LogP contribution in [0.4, 0.5) is 0 Å². The van der Waals surface area contributed by atoms with E-state index in [0.717, 1.165) is 6.42 Å². The highest BCUT2D eigenvalue weighted by atomic mass is 32.2. The Labute approximate surface area is 113 Å². The van der Waals surface area contributed by atoms with E-state index < -0.39 is 15.3 Å². The second-order valence-corrected chi connectivity index (χ2v) is 7.26. The van der Waals surface area contributed by atoms with Crippen LogP contribution in [0.1, 0.15) is 26.7 Å². The molecule has 1 aromatic rings. The molecule has 19 heavy (non-hydrogen) atoms. The molecule has 0 aromatic heterocycles. The van der Waals surface area contributed by atoms with Gasteiger partial charge in [0.15, 0.2) is 9.84 Å². The number of ketones is 1. The number of Topliss-reactive ketones (excluding diaryl/α,β-unsaturated/α-hetero) is 1. The number of carbonyl (C=O) groups is 1. The minimum atomic E-state index is -3.19. The smallest absolute Gasteiger partial charge is 0.175 e. The summed E-state index contributed by atoms with van der Waals surface area (Å²) in [6, 6.07) is 6.31. The number of ether oxygens (including phenoxy) is 1. The van der Waals surface area contributed by atoms with E-state index in [1.54, 1.807) is 12.1 Å². The number of rotatable bonds is 4. The summed E-state index contributed by atoms with van der Waals surface area (Å²) >= 11 is 0. The molecule has 104 valence electrons. The molecule has 0 spiro atoms. The lowest BCUT2D eigenvalue weighted by Gasteiger charge is -2.44. The highest BCUT2D eigenvalue weighted by Crippen LogP contribution is 2.42. The molecule has 0 amide bonds. The maximum absolute atomic E-state index is 11.6. The Morgan fingerprint density at radius 3 is 2.32 bits per heavy atom. The van der Waals surface area contributed by atoms with Gasteiger partial charge in [-0.2, -0.15) is 0 Å². The largest absolute Gasteiger partial charge is 0.489 e. The lowest BCUT2D eigenvalue weighted by atomic mass is 9.64. The van der Waals surface area contributed by atoms with Crippen molar-refractivity contribution >= 4 is 15.6 Å². The molecular formula is C14H18O4S. The molecule has 0 N–H and O–H groups in total. The highest BCUT2D eigenvalue weighted by Gasteiger charge is 2.51. The van der Waals surface area contributed by atoms with Crippen molar-refractivity contribution in [3.8, 4) is 5.75 Å². The van der Waals surface area contributed by atoms with Crippen LogP contribution in [0.3, 0.4) is 0 Å². The van der Waals surface area contributed by atoms with Gasteiger partial charge in [-0.15, -0.1) is 0 Å². The molecule has 4 nitrogen and oxygen atoms in total. The summed E-state index contributed by atoms with van der Waals surface area (Å²) in [5, 5.41) is 0. The molecule has 1 aliphatic rings. The van der Waals surface area contributed by atoms with Crippen molar-refractivity contribution in [2.24, 2.45) is 5.41 Å². The third-order valence-corrected chi connectivity index (χ3v) is 5.11. The number of benzene rings is 1. The Morgan fingerprint density at radius 2 is 1.89 bits per heavy atom. The molecule has 0 radical (unpaired) electrons. The van der Waals surface area contributed by atoms with Crippen LogP contribution < -0.4 is 4.74 Å². The van der Waals surface area contributed by atoms with Crippen LogP contribution in [0.25, 0.3) is 0 Å². The highest BCUT2D eigenvalue weighted by molar-refractivity contribution is 7.90. The minimum absolute atomic E-state index is 0.117. The molecule has 2 unspecified atom stereocenters. The number of hydrogen-bond donors (Lipinski definition) is 0. The van der Waals surface area contributed by atoms with Gasteiger partial charge in [-0.1, -0.05) is 6.92 Å². The zero-order valence-electron chi connectivity index (χ0n) is 11.3. The number of sulfone groups is 1. The van der Waals surface area contributed by atoms with Crippen LogP contribution in [-0.2, 0) is 14.6 Å². The quantitative estimate of drug-likeness (QED) is 0.849. The Hall–Kier alpha value is -1.36. The Kier molecular flexibility index (Phi) is 3.43. The summed E-state index contributed by atoms with van der Waals surface area (Å²) < 4.78 is 28.5. The zero-order chi connectivity index (χ0) is 14.3. The lowest BCUT2D eigenvalue weighted by Crippen LogP contribution is -2.54. The van der Waals surface area contributed by atoms with Gasteiger partial charge < -0.3 is 4.74 Å². The van der Waals surface area contributed by atoms with E-state index >= 15 is 0 Å². The molecule has 1 aliphatic carbocycles. The number of carbonyl (C=O) groups excluding carboxylic acids is 1. The van der Waals surface area contributed by atoms with Gasteiger partial charge in [-0.3, -0.25) is 4.79 Å². The van der Waals surface area contributed by atoms with Crippen molar-refractivity contribution in [2.75, 3.05) is 6.26 Å². The Balaban J connectivity index is 2.12. The fourth-order valence-electron chi connectivity index (χ4n) is 2.20. The average molecular weight is 282 g/mol. The van der Waals surface area contributed by atoms with E-state index in [0.29, 0.717) is 12.2 Å². The average Bonchev–Trinajstić information content (AvgIpc) is 2.37. The van der Waals surface area contributed by atoms with Crippen LogP contribution >= 0.6 is 0 Å². The first-order chi connectivity index (χ1) is 8.77. The first-order valence-corrected chi connectivity index (χ1v) is 8.16. The first-order valence-electron chi connectivity index (χ1n) is 6.27. The van der Waals surface area contributed by atoms with E-state index in [9.17, 15) is 13.2 Å². The molecule has 0 saturated heterocycles. The van der Waals surface area contributed by atoms with E-state index in [2.05, 4.69) is 0 Å². The third kappa shape index (κ3) is 2.52. The molecule has 2 rings (SSSR count). The van der Waals surface area contributed by atoms with Crippen LogP contribution in [0, 0.1) is 5.41 Å². The Bertz CT molecular complexity index is 588. The molecule has 2 atom stereocenters. The van der Waals surface area contributed by atoms with Gasteiger partial charge >= 0.3 is 0 Å². The monoisotopic (exact) mass is 282 g/mol. The second-order valence-electron chi connectivity index (χ2n) is 5.25. The van der Waals surface area contributed by atoms with Gasteiger partial charge in [-0.05, 0) is 37.6 Å². The van der Waals surface area contributed by atoms with Crippen LogP contribution in [0.5, 0.6) is 5.75 Å². The van der Waals surface area contributed by atoms with E-state index in [1.807, 2.05) is 13.8 Å². The molecule has 0 aliphatic heterocycles. The molecule has 1 fully saturated rings. The van der Waals surface area contributed by atoms with Gasteiger partial charge in [0, 0.05) is 12.7 Å². The Morgan fingerprint density at radius 1 is 1.32 bits per heavy atom. The third-order valence-electron chi connectivity index (χ3n) is 3.98. The normalized spacial score (nSPS) is 26.9. The fraction of sp³-hybridized carbons (Fsp3) is 0.500. The van der Waals surface area contributed by atoms with E-state index in [-0.39, 0.29) is 16.8 Å². The summed E-state index contributed by atoms with van der Waals surface area (Å²) in [7, 11) is -3.19. The second kappa shape index (κ2) is 4.63. The predicted molar refractivity (Wildman–Crippen MR) is 72.0 cm³/mol. The molecule has 1 aromatic carbocycles. The van der Waals surface area contributed by atoms with Crippen molar-refractivity contribution in [3.05, 3.63) is 24.3 Å². The summed E-state index contributed by atoms with van der Waals surface area (Å²) in [5.41, 5.74) is -0.407. The topological polar surface area (TPSA) is 60.4 Å². The first kappa shape index (κ1) is 14.1. The summed E-state index contributed by atoms with van der Waals surface area (Å²) in [4.78, 5) is 11.9. The summed E-state index contributed by atoms with van der Waals surface area (Å²) in [6.45, 7) is 3.88. The van der Waals surface area contributed by atoms with Gasteiger partial charge in [0.25, 0.3) is 0 Å². The van der Waals surface area contributed by atoms with Gasteiger partial charge in [-0.25, -0.2) is 8.42 Å². The van der Waals surface area contributed by atoms with Crippen molar-refractivity contribution in [2.45, 2.75) is 37.7 Å². The predicted octanol–water partition coefficient (Wildman–Crippen LogP) is 2.23.